The van der Waals surface area contributed by atoms with E-state index in [9.17, 15) is 13.2 Å². The van der Waals surface area contributed by atoms with E-state index in [0.29, 0.717) is 45.7 Å². The number of methoxy groups -OCH3 is 1. The number of rotatable bonds is 4. The van der Waals surface area contributed by atoms with Crippen LogP contribution in [0.25, 0.3) is 0 Å². The Morgan fingerprint density at radius 2 is 1.81 bits per heavy atom. The second-order valence-corrected chi connectivity index (χ2v) is 7.60. The Balaban J connectivity index is 1.99. The zero-order chi connectivity index (χ0) is 15.7. The summed E-state index contributed by atoms with van der Waals surface area (Å²) in [7, 11) is -1.87. The number of hydrogen-bond acceptors (Lipinski definition) is 4. The first-order valence-corrected chi connectivity index (χ1v) is 8.44. The van der Waals surface area contributed by atoms with Gasteiger partial charge in [0, 0.05) is 46.4 Å². The van der Waals surface area contributed by atoms with Gasteiger partial charge in [-0.05, 0) is 19.4 Å². The number of ether oxygens (including phenoxy) is 1. The van der Waals surface area contributed by atoms with Crippen LogP contribution in [0, 0.1) is 0 Å². The fourth-order valence-electron chi connectivity index (χ4n) is 2.69. The smallest absolute Gasteiger partial charge is 0.282 e. The quantitative estimate of drug-likeness (QED) is 0.666. The number of carbonyl (C=O) groups is 1. The largest absolute Gasteiger partial charge is 0.377 e. The molecule has 2 rings (SSSR count). The fourth-order valence-corrected chi connectivity index (χ4v) is 4.40. The zero-order valence-electron chi connectivity index (χ0n) is 12.6. The second kappa shape index (κ2) is 6.04. The molecule has 1 atom stereocenters. The van der Waals surface area contributed by atoms with Crippen LogP contribution in [0.4, 0.5) is 0 Å². The van der Waals surface area contributed by atoms with E-state index >= 15 is 0 Å². The van der Waals surface area contributed by atoms with E-state index in [1.165, 1.54) is 14.7 Å². The van der Waals surface area contributed by atoms with Crippen LogP contribution in [-0.4, -0.2) is 79.8 Å². The molecule has 21 heavy (non-hydrogen) atoms. The fraction of sp³-hybridized carbons (Fsp3) is 0.769. The van der Waals surface area contributed by atoms with Gasteiger partial charge in [-0.25, -0.2) is 0 Å². The van der Waals surface area contributed by atoms with Crippen molar-refractivity contribution in [2.75, 3.05) is 46.4 Å². The molecule has 2 fully saturated rings. The number of hydrogen-bond donors (Lipinski definition) is 0. The first kappa shape index (κ1) is 16.4. The third-order valence-corrected chi connectivity index (χ3v) is 6.25. The Hall–Kier alpha value is -0.960. The Kier molecular flexibility index (Phi) is 4.72. The third kappa shape index (κ3) is 3.28. The van der Waals surface area contributed by atoms with Gasteiger partial charge in [0.2, 0.25) is 5.91 Å². The lowest BCUT2D eigenvalue weighted by Crippen LogP contribution is -2.54. The molecule has 0 bridgehead atoms. The van der Waals surface area contributed by atoms with Gasteiger partial charge in [0.1, 0.15) is 0 Å². The number of nitrogens with zero attached hydrogens (tertiary/aromatic N) is 3. The van der Waals surface area contributed by atoms with Crippen LogP contribution in [0.5, 0.6) is 0 Å². The van der Waals surface area contributed by atoms with Crippen LogP contribution >= 0.6 is 0 Å². The normalized spacial score (nSPS) is 28.8. The van der Waals surface area contributed by atoms with E-state index in [4.69, 9.17) is 4.74 Å². The SMILES string of the molecule is C=CC(=O)N1CCN(S(=O)(=O)N2CCC(C)(OC)C2)CC1. The van der Waals surface area contributed by atoms with E-state index in [1.54, 1.807) is 12.0 Å². The van der Waals surface area contributed by atoms with E-state index in [0.717, 1.165) is 0 Å². The van der Waals surface area contributed by atoms with Crippen LogP contribution in [0.1, 0.15) is 13.3 Å². The summed E-state index contributed by atoms with van der Waals surface area (Å²) in [6, 6.07) is 0. The Morgan fingerprint density at radius 1 is 1.19 bits per heavy atom. The predicted molar refractivity (Wildman–Crippen MR) is 78.9 cm³/mol. The molecule has 2 heterocycles. The monoisotopic (exact) mass is 317 g/mol. The molecule has 0 aromatic rings. The molecule has 0 aliphatic carbocycles. The van der Waals surface area contributed by atoms with Crippen molar-refractivity contribution in [3.05, 3.63) is 12.7 Å². The summed E-state index contributed by atoms with van der Waals surface area (Å²) in [5, 5.41) is 0. The van der Waals surface area contributed by atoms with Crippen molar-refractivity contribution in [1.29, 1.82) is 0 Å². The van der Waals surface area contributed by atoms with Gasteiger partial charge in [-0.15, -0.1) is 0 Å². The van der Waals surface area contributed by atoms with Crippen LogP contribution in [0.2, 0.25) is 0 Å². The van der Waals surface area contributed by atoms with E-state index in [2.05, 4.69) is 6.58 Å². The summed E-state index contributed by atoms with van der Waals surface area (Å²) in [6.45, 7) is 7.66. The highest BCUT2D eigenvalue weighted by Gasteiger charge is 2.42. The highest BCUT2D eigenvalue weighted by atomic mass is 32.2. The summed E-state index contributed by atoms with van der Waals surface area (Å²) in [4.78, 5) is 13.1. The molecule has 1 amide bonds. The maximum Gasteiger partial charge on any atom is 0.282 e. The topological polar surface area (TPSA) is 70.2 Å². The van der Waals surface area contributed by atoms with Crippen molar-refractivity contribution in [2.45, 2.75) is 18.9 Å². The molecule has 7 nitrogen and oxygen atoms in total. The first-order valence-electron chi connectivity index (χ1n) is 7.04. The van der Waals surface area contributed by atoms with Crippen molar-refractivity contribution in [2.24, 2.45) is 0 Å². The Bertz CT molecular complexity index is 514. The van der Waals surface area contributed by atoms with Gasteiger partial charge >= 0.3 is 0 Å². The molecule has 0 radical (unpaired) electrons. The Morgan fingerprint density at radius 3 is 2.29 bits per heavy atom. The molecular formula is C13H23N3O4S. The minimum absolute atomic E-state index is 0.153. The molecule has 120 valence electrons. The van der Waals surface area contributed by atoms with Gasteiger partial charge < -0.3 is 9.64 Å². The van der Waals surface area contributed by atoms with Gasteiger partial charge in [0.15, 0.2) is 0 Å². The van der Waals surface area contributed by atoms with E-state index in [1.807, 2.05) is 6.92 Å². The average molecular weight is 317 g/mol. The number of carbonyl (C=O) groups excluding carboxylic acids is 1. The molecular weight excluding hydrogens is 294 g/mol. The van der Waals surface area contributed by atoms with Crippen molar-refractivity contribution < 1.29 is 17.9 Å². The summed E-state index contributed by atoms with van der Waals surface area (Å²) in [5.74, 6) is -0.153. The molecule has 2 aliphatic heterocycles. The van der Waals surface area contributed by atoms with Gasteiger partial charge in [-0.2, -0.15) is 17.0 Å². The van der Waals surface area contributed by atoms with Gasteiger partial charge in [-0.3, -0.25) is 4.79 Å². The predicted octanol–water partition coefficient (Wildman–Crippen LogP) is -0.328. The second-order valence-electron chi connectivity index (χ2n) is 5.67. The molecule has 0 spiro atoms. The third-order valence-electron chi connectivity index (χ3n) is 4.27. The van der Waals surface area contributed by atoms with Gasteiger partial charge in [0.25, 0.3) is 10.2 Å². The molecule has 0 N–H and O–H groups in total. The van der Waals surface area contributed by atoms with Crippen LogP contribution < -0.4 is 0 Å². The summed E-state index contributed by atoms with van der Waals surface area (Å²) in [5.41, 5.74) is -0.409. The summed E-state index contributed by atoms with van der Waals surface area (Å²) in [6.07, 6.45) is 1.95. The molecule has 2 saturated heterocycles. The summed E-state index contributed by atoms with van der Waals surface area (Å²) < 4.78 is 33.5. The molecule has 0 aromatic heterocycles. The lowest BCUT2D eigenvalue weighted by Gasteiger charge is -2.35. The molecule has 1 unspecified atom stereocenters. The number of amides is 1. The van der Waals surface area contributed by atoms with Crippen LogP contribution in [-0.2, 0) is 19.7 Å². The zero-order valence-corrected chi connectivity index (χ0v) is 13.4. The molecule has 0 aromatic carbocycles. The minimum Gasteiger partial charge on any atom is -0.377 e. The Labute approximate surface area is 126 Å². The maximum atomic E-state index is 12.6. The van der Waals surface area contributed by atoms with Gasteiger partial charge in [-0.1, -0.05) is 6.58 Å². The standard InChI is InChI=1S/C13H23N3O4S/c1-4-12(17)14-7-9-15(10-8-14)21(18,19)16-6-5-13(2,11-16)20-3/h4H,1,5-11H2,2-3H3. The average Bonchev–Trinajstić information content (AvgIpc) is 2.90. The van der Waals surface area contributed by atoms with Gasteiger partial charge in [0.05, 0.1) is 5.60 Å². The molecule has 0 saturated carbocycles. The van der Waals surface area contributed by atoms with E-state index < -0.39 is 15.8 Å². The van der Waals surface area contributed by atoms with Crippen molar-refractivity contribution >= 4 is 16.1 Å². The van der Waals surface area contributed by atoms with Crippen molar-refractivity contribution in [1.82, 2.24) is 13.5 Å². The highest BCUT2D eigenvalue weighted by Crippen LogP contribution is 2.27. The molecule has 2 aliphatic rings. The van der Waals surface area contributed by atoms with Crippen LogP contribution in [0.15, 0.2) is 12.7 Å². The highest BCUT2D eigenvalue weighted by molar-refractivity contribution is 7.86. The van der Waals surface area contributed by atoms with Crippen LogP contribution in [0.3, 0.4) is 0 Å². The lowest BCUT2D eigenvalue weighted by molar-refractivity contribution is -0.127. The lowest BCUT2D eigenvalue weighted by atomic mass is 10.1. The first-order chi connectivity index (χ1) is 9.82. The van der Waals surface area contributed by atoms with Crippen molar-refractivity contribution in [3.8, 4) is 0 Å². The van der Waals surface area contributed by atoms with Crippen molar-refractivity contribution in [3.63, 3.8) is 0 Å². The molecule has 8 heteroatoms. The minimum atomic E-state index is -3.48. The van der Waals surface area contributed by atoms with E-state index in [-0.39, 0.29) is 5.91 Å². The summed E-state index contributed by atoms with van der Waals surface area (Å²) >= 11 is 0. The maximum absolute atomic E-state index is 12.6. The number of piperazine rings is 1.